The van der Waals surface area contributed by atoms with Crippen molar-refractivity contribution in [1.29, 1.82) is 0 Å². The Hall–Kier alpha value is -1.84. The Morgan fingerprint density at radius 3 is 2.79 bits per heavy atom. The van der Waals surface area contributed by atoms with Gasteiger partial charge in [-0.25, -0.2) is 4.39 Å². The van der Waals surface area contributed by atoms with E-state index in [1.165, 1.54) is 12.3 Å². The Balaban J connectivity index is 1.98. The van der Waals surface area contributed by atoms with Gasteiger partial charge >= 0.3 is 0 Å². The smallest absolute Gasteiger partial charge is 0.141 e. The van der Waals surface area contributed by atoms with E-state index in [9.17, 15) is 4.39 Å². The van der Waals surface area contributed by atoms with Gasteiger partial charge in [0, 0.05) is 18.6 Å². The van der Waals surface area contributed by atoms with Crippen LogP contribution in [0.2, 0.25) is 0 Å². The van der Waals surface area contributed by atoms with Crippen molar-refractivity contribution in [2.45, 2.75) is 6.54 Å². The summed E-state index contributed by atoms with van der Waals surface area (Å²) in [6.07, 6.45) is 6.60. The molecule has 1 N–H and O–H groups in total. The summed E-state index contributed by atoms with van der Waals surface area (Å²) in [5.74, 6) is -0.309. The van der Waals surface area contributed by atoms with E-state index >= 15 is 0 Å². The van der Waals surface area contributed by atoms with Crippen LogP contribution >= 0.6 is 0 Å². The summed E-state index contributed by atoms with van der Waals surface area (Å²) in [5, 5.41) is 0. The Morgan fingerprint density at radius 1 is 1.29 bits per heavy atom. The highest BCUT2D eigenvalue weighted by atomic mass is 19.1. The highest BCUT2D eigenvalue weighted by Crippen LogP contribution is 2.00. The van der Waals surface area contributed by atoms with Crippen molar-refractivity contribution in [1.82, 2.24) is 9.66 Å². The lowest BCUT2D eigenvalue weighted by atomic mass is 10.3. The molecule has 0 aliphatic heterocycles. The normalized spacial score (nSPS) is 10.1. The van der Waals surface area contributed by atoms with Gasteiger partial charge in [0.25, 0.3) is 0 Å². The molecular weight excluding hydrogens is 181 g/mol. The predicted octanol–water partition coefficient (Wildman–Crippen LogP) is 1.77. The van der Waals surface area contributed by atoms with E-state index in [1.54, 1.807) is 6.20 Å². The number of pyridine rings is 1. The van der Waals surface area contributed by atoms with Crippen molar-refractivity contribution in [2.75, 3.05) is 5.43 Å². The second-order valence-corrected chi connectivity index (χ2v) is 2.94. The molecule has 2 rings (SSSR count). The summed E-state index contributed by atoms with van der Waals surface area (Å²) in [6, 6.07) is 5.29. The van der Waals surface area contributed by atoms with Gasteiger partial charge in [0.05, 0.1) is 12.7 Å². The molecule has 0 aromatic carbocycles. The number of nitrogens with one attached hydrogen (secondary N) is 1. The molecule has 2 aromatic rings. The lowest BCUT2D eigenvalue weighted by Crippen LogP contribution is -2.11. The third-order valence-corrected chi connectivity index (χ3v) is 1.83. The predicted molar refractivity (Wildman–Crippen MR) is 51.7 cm³/mol. The zero-order valence-electron chi connectivity index (χ0n) is 7.52. The van der Waals surface area contributed by atoms with Gasteiger partial charge in [-0.3, -0.25) is 9.66 Å². The molecule has 2 heterocycles. The maximum absolute atomic E-state index is 12.7. The topological polar surface area (TPSA) is 29.9 Å². The molecule has 0 atom stereocenters. The van der Waals surface area contributed by atoms with Gasteiger partial charge in [-0.05, 0) is 23.8 Å². The van der Waals surface area contributed by atoms with Crippen molar-refractivity contribution in [3.63, 3.8) is 0 Å². The number of nitrogens with zero attached hydrogens (tertiary/aromatic N) is 2. The van der Waals surface area contributed by atoms with Crippen LogP contribution in [-0.2, 0) is 6.54 Å². The number of aromatic nitrogens is 2. The van der Waals surface area contributed by atoms with Crippen LogP contribution in [0.4, 0.5) is 4.39 Å². The van der Waals surface area contributed by atoms with Gasteiger partial charge in [-0.2, -0.15) is 0 Å². The summed E-state index contributed by atoms with van der Waals surface area (Å²) >= 11 is 0. The maximum Gasteiger partial charge on any atom is 0.141 e. The molecule has 0 radical (unpaired) electrons. The number of rotatable bonds is 3. The van der Waals surface area contributed by atoms with Crippen LogP contribution in [0.3, 0.4) is 0 Å². The molecule has 0 saturated heterocycles. The van der Waals surface area contributed by atoms with E-state index in [-0.39, 0.29) is 5.82 Å². The van der Waals surface area contributed by atoms with Gasteiger partial charge < -0.3 is 5.43 Å². The zero-order chi connectivity index (χ0) is 9.80. The van der Waals surface area contributed by atoms with Gasteiger partial charge in [0.15, 0.2) is 0 Å². The van der Waals surface area contributed by atoms with Crippen LogP contribution in [0.15, 0.2) is 43.0 Å². The van der Waals surface area contributed by atoms with Crippen molar-refractivity contribution >= 4 is 0 Å². The average molecular weight is 191 g/mol. The van der Waals surface area contributed by atoms with Gasteiger partial charge in [-0.1, -0.05) is 0 Å². The minimum absolute atomic E-state index is 0.309. The molecule has 14 heavy (non-hydrogen) atoms. The molecule has 2 aromatic heterocycles. The molecule has 0 aliphatic rings. The van der Waals surface area contributed by atoms with Crippen molar-refractivity contribution < 1.29 is 4.39 Å². The van der Waals surface area contributed by atoms with Crippen LogP contribution in [-0.4, -0.2) is 9.66 Å². The van der Waals surface area contributed by atoms with Crippen molar-refractivity contribution in [3.05, 3.63) is 54.4 Å². The first-order valence-corrected chi connectivity index (χ1v) is 4.31. The minimum atomic E-state index is -0.309. The van der Waals surface area contributed by atoms with E-state index < -0.39 is 0 Å². The van der Waals surface area contributed by atoms with E-state index in [1.807, 2.05) is 29.2 Å². The lowest BCUT2D eigenvalue weighted by Gasteiger charge is -2.06. The molecule has 0 saturated carbocycles. The minimum Gasteiger partial charge on any atom is -0.322 e. The van der Waals surface area contributed by atoms with Gasteiger partial charge in [-0.15, -0.1) is 0 Å². The summed E-state index contributed by atoms with van der Waals surface area (Å²) < 4.78 is 14.5. The quantitative estimate of drug-likeness (QED) is 0.801. The fraction of sp³-hybridized carbons (Fsp3) is 0.100. The SMILES string of the molecule is Fc1cncc(CNn2cccc2)c1. The van der Waals surface area contributed by atoms with E-state index in [2.05, 4.69) is 10.4 Å². The number of halogens is 1. The van der Waals surface area contributed by atoms with Crippen LogP contribution < -0.4 is 5.43 Å². The standard InChI is InChI=1S/C10H10FN3/c11-10-5-9(6-12-8-10)7-13-14-3-1-2-4-14/h1-6,8,13H,7H2. The molecule has 4 heteroatoms. The molecule has 0 spiro atoms. The van der Waals surface area contributed by atoms with E-state index in [4.69, 9.17) is 0 Å². The fourth-order valence-electron chi connectivity index (χ4n) is 1.18. The van der Waals surface area contributed by atoms with Gasteiger partial charge in [0.1, 0.15) is 5.82 Å². The highest BCUT2D eigenvalue weighted by Gasteiger charge is 1.95. The second-order valence-electron chi connectivity index (χ2n) is 2.94. The fourth-order valence-corrected chi connectivity index (χ4v) is 1.18. The van der Waals surface area contributed by atoms with E-state index in [0.29, 0.717) is 6.54 Å². The summed E-state index contributed by atoms with van der Waals surface area (Å²) in [4.78, 5) is 3.76. The molecular formula is C10H10FN3. The van der Waals surface area contributed by atoms with Gasteiger partial charge in [0.2, 0.25) is 0 Å². The monoisotopic (exact) mass is 191 g/mol. The van der Waals surface area contributed by atoms with Crippen LogP contribution in [0.25, 0.3) is 0 Å². The second kappa shape index (κ2) is 3.91. The zero-order valence-corrected chi connectivity index (χ0v) is 7.52. The molecule has 72 valence electrons. The molecule has 0 aliphatic carbocycles. The van der Waals surface area contributed by atoms with Crippen molar-refractivity contribution in [2.24, 2.45) is 0 Å². The number of hydrogen-bond donors (Lipinski definition) is 1. The molecule has 3 nitrogen and oxygen atoms in total. The molecule has 0 unspecified atom stereocenters. The Kier molecular flexibility index (Phi) is 2.44. The van der Waals surface area contributed by atoms with Crippen molar-refractivity contribution in [3.8, 4) is 0 Å². The number of hydrogen-bond acceptors (Lipinski definition) is 2. The maximum atomic E-state index is 12.7. The third kappa shape index (κ3) is 2.10. The largest absolute Gasteiger partial charge is 0.322 e. The molecule has 0 fully saturated rings. The lowest BCUT2D eigenvalue weighted by molar-refractivity contribution is 0.618. The highest BCUT2D eigenvalue weighted by molar-refractivity contribution is 5.11. The summed E-state index contributed by atoms with van der Waals surface area (Å²) in [6.45, 7) is 0.555. The summed E-state index contributed by atoms with van der Waals surface area (Å²) in [7, 11) is 0. The van der Waals surface area contributed by atoms with Crippen LogP contribution in [0.1, 0.15) is 5.56 Å². The first-order valence-electron chi connectivity index (χ1n) is 4.31. The Labute approximate surface area is 81.2 Å². The third-order valence-electron chi connectivity index (χ3n) is 1.83. The average Bonchev–Trinajstić information content (AvgIpc) is 2.67. The molecule has 0 bridgehead atoms. The van der Waals surface area contributed by atoms with Crippen LogP contribution in [0, 0.1) is 5.82 Å². The Bertz CT molecular complexity index is 398. The summed E-state index contributed by atoms with van der Waals surface area (Å²) in [5.41, 5.74) is 3.90. The first kappa shape index (κ1) is 8.74. The van der Waals surface area contributed by atoms with E-state index in [0.717, 1.165) is 5.56 Å². The first-order chi connectivity index (χ1) is 6.84. The van der Waals surface area contributed by atoms with Crippen LogP contribution in [0.5, 0.6) is 0 Å². The molecule has 0 amide bonds. The Morgan fingerprint density at radius 2 is 2.07 bits per heavy atom.